The van der Waals surface area contributed by atoms with Crippen LogP contribution in [0.15, 0.2) is 23.1 Å². The Hall–Kier alpha value is -0.550. The van der Waals surface area contributed by atoms with E-state index in [0.29, 0.717) is 0 Å². The van der Waals surface area contributed by atoms with Crippen LogP contribution in [0.4, 0.5) is 0 Å². The first-order chi connectivity index (χ1) is 7.42. The van der Waals surface area contributed by atoms with Crippen molar-refractivity contribution in [1.29, 1.82) is 0 Å². The van der Waals surface area contributed by atoms with E-state index in [-0.39, 0.29) is 20.3 Å². The van der Waals surface area contributed by atoms with Gasteiger partial charge in [0.15, 0.2) is 0 Å². The molecule has 0 heterocycles. The minimum absolute atomic E-state index is 0. The topological polar surface area (TPSA) is 38.7 Å². The Morgan fingerprint density at radius 1 is 1.22 bits per heavy atom. The van der Waals surface area contributed by atoms with Crippen molar-refractivity contribution in [1.82, 2.24) is 0 Å². The maximum atomic E-state index is 8.18. The quantitative estimate of drug-likeness (QED) is 0.460. The molecule has 1 rings (SSSR count). The van der Waals surface area contributed by atoms with Crippen LogP contribution in [0.2, 0.25) is 0 Å². The molecular weight excluding hydrogens is 248 g/mol. The molecule has 0 atom stereocenters. The first kappa shape index (κ1) is 19.8. The van der Waals surface area contributed by atoms with Crippen molar-refractivity contribution in [2.75, 3.05) is 0 Å². The molecule has 18 heavy (non-hydrogen) atoms. The summed E-state index contributed by atoms with van der Waals surface area (Å²) in [7, 11) is 0. The van der Waals surface area contributed by atoms with Gasteiger partial charge in [-0.15, -0.1) is 4.33 Å². The molecule has 0 unspecified atom stereocenters. The predicted molar refractivity (Wildman–Crippen MR) is 78.5 cm³/mol. The van der Waals surface area contributed by atoms with Gasteiger partial charge < -0.3 is 0 Å². The lowest BCUT2D eigenvalue weighted by Crippen LogP contribution is -2.10. The van der Waals surface area contributed by atoms with Gasteiger partial charge in [-0.1, -0.05) is 52.8 Å². The number of hydrogen-bond donors (Lipinski definition) is 1. The van der Waals surface area contributed by atoms with Gasteiger partial charge in [-0.3, -0.25) is 0 Å². The third-order valence-corrected chi connectivity index (χ3v) is 2.79. The molecule has 0 aliphatic carbocycles. The summed E-state index contributed by atoms with van der Waals surface area (Å²) in [6, 6.07) is 6.18. The van der Waals surface area contributed by atoms with Gasteiger partial charge in [0, 0.05) is 4.90 Å². The molecule has 1 aromatic carbocycles. The van der Waals surface area contributed by atoms with Gasteiger partial charge >= 0.3 is 0 Å². The average Bonchev–Trinajstić information content (AvgIpc) is 2.16. The normalized spacial score (nSPS) is 10.5. The Kier molecular flexibility index (Phi) is 9.38. The predicted octanol–water partition coefficient (Wildman–Crippen LogP) is 5.28. The molecule has 0 aliphatic rings. The summed E-state index contributed by atoms with van der Waals surface area (Å²) in [6.07, 6.45) is 0.949. The van der Waals surface area contributed by atoms with E-state index in [9.17, 15) is 0 Å². The van der Waals surface area contributed by atoms with E-state index in [2.05, 4.69) is 42.3 Å². The van der Waals surface area contributed by atoms with Crippen LogP contribution in [-0.4, -0.2) is 5.26 Å². The summed E-state index contributed by atoms with van der Waals surface area (Å²) >= 11 is 1.03. The Morgan fingerprint density at radius 2 is 1.83 bits per heavy atom. The average molecular weight is 274 g/mol. The van der Waals surface area contributed by atoms with Crippen molar-refractivity contribution < 1.29 is 14.6 Å². The molecule has 0 bridgehead atoms. The Balaban J connectivity index is 0. The number of rotatable bonds is 4. The lowest BCUT2D eigenvalue weighted by molar-refractivity contribution is -0.432. The van der Waals surface area contributed by atoms with Crippen LogP contribution in [0.3, 0.4) is 0 Å². The number of hydrogen-bond acceptors (Lipinski definition) is 4. The molecule has 0 spiro atoms. The van der Waals surface area contributed by atoms with Gasteiger partial charge in [-0.25, -0.2) is 5.26 Å². The Bertz CT molecular complexity index is 345. The van der Waals surface area contributed by atoms with Gasteiger partial charge in [0.25, 0.3) is 0 Å². The van der Waals surface area contributed by atoms with E-state index >= 15 is 0 Å². The second-order valence-electron chi connectivity index (χ2n) is 5.07. The van der Waals surface area contributed by atoms with Crippen LogP contribution in [0.25, 0.3) is 0 Å². The molecule has 0 aromatic heterocycles. The lowest BCUT2D eigenvalue weighted by atomic mass is 9.88. The van der Waals surface area contributed by atoms with E-state index in [1.54, 1.807) is 0 Å². The van der Waals surface area contributed by atoms with E-state index < -0.39 is 0 Å². The second-order valence-corrected chi connectivity index (χ2v) is 5.82. The van der Waals surface area contributed by atoms with Crippen molar-refractivity contribution >= 4 is 12.0 Å². The summed E-state index contributed by atoms with van der Waals surface area (Å²) in [5, 5.41) is 11.8. The molecule has 0 saturated heterocycles. The van der Waals surface area contributed by atoms with Gasteiger partial charge in [0.05, 0.1) is 12.0 Å². The molecule has 0 fully saturated rings. The van der Waals surface area contributed by atoms with Crippen molar-refractivity contribution in [3.05, 3.63) is 29.3 Å². The van der Waals surface area contributed by atoms with Crippen LogP contribution in [0.1, 0.15) is 46.8 Å². The highest BCUT2D eigenvalue weighted by atomic mass is 32.2. The number of benzene rings is 1. The first-order valence-corrected chi connectivity index (χ1v) is 5.91. The minimum atomic E-state index is 0. The molecule has 4 heteroatoms. The fourth-order valence-electron chi connectivity index (χ4n) is 1.51. The standard InChI is InChI=1S/C12H18O3S.2CH4/c1-9-5-6-10(8-12(2,3)4)11(7-9)16-15-14-13;;/h5-7,13H,8H2,1-4H3;2*1H4. The van der Waals surface area contributed by atoms with Crippen LogP contribution >= 0.6 is 12.0 Å². The number of aryl methyl sites for hydroxylation is 1. The Morgan fingerprint density at radius 3 is 2.33 bits per heavy atom. The molecule has 0 radical (unpaired) electrons. The zero-order chi connectivity index (χ0) is 12.2. The maximum Gasteiger partial charge on any atom is 0.0717 e. The van der Waals surface area contributed by atoms with Crippen molar-refractivity contribution in [3.8, 4) is 0 Å². The van der Waals surface area contributed by atoms with Crippen molar-refractivity contribution in [2.45, 2.75) is 53.9 Å². The monoisotopic (exact) mass is 274 g/mol. The molecule has 1 aromatic rings. The van der Waals surface area contributed by atoms with Crippen LogP contribution in [0.5, 0.6) is 0 Å². The molecule has 3 nitrogen and oxygen atoms in total. The molecular formula is C14H26O3S. The van der Waals surface area contributed by atoms with Crippen LogP contribution in [0, 0.1) is 12.3 Å². The highest BCUT2D eigenvalue weighted by Gasteiger charge is 2.15. The van der Waals surface area contributed by atoms with Crippen LogP contribution < -0.4 is 0 Å². The lowest BCUT2D eigenvalue weighted by Gasteiger charge is -2.20. The zero-order valence-electron chi connectivity index (χ0n) is 10.1. The van der Waals surface area contributed by atoms with E-state index in [1.165, 1.54) is 5.56 Å². The summed E-state index contributed by atoms with van der Waals surface area (Å²) in [4.78, 5) is 0.976. The summed E-state index contributed by atoms with van der Waals surface area (Å²) in [6.45, 7) is 8.57. The van der Waals surface area contributed by atoms with E-state index in [1.807, 2.05) is 13.0 Å². The fourth-order valence-corrected chi connectivity index (χ4v) is 2.09. The Labute approximate surface area is 116 Å². The summed E-state index contributed by atoms with van der Waals surface area (Å²) in [5.74, 6) is 0. The smallest absolute Gasteiger partial charge is 0.0717 e. The zero-order valence-corrected chi connectivity index (χ0v) is 10.9. The van der Waals surface area contributed by atoms with E-state index in [0.717, 1.165) is 28.9 Å². The molecule has 1 N–H and O–H groups in total. The van der Waals surface area contributed by atoms with Crippen LogP contribution in [-0.2, 0) is 15.8 Å². The molecule has 0 saturated carbocycles. The summed E-state index contributed by atoms with van der Waals surface area (Å²) in [5.41, 5.74) is 2.56. The summed E-state index contributed by atoms with van der Waals surface area (Å²) < 4.78 is 4.50. The van der Waals surface area contributed by atoms with E-state index in [4.69, 9.17) is 5.26 Å². The maximum absolute atomic E-state index is 8.18. The highest BCUT2D eigenvalue weighted by molar-refractivity contribution is 7.94. The van der Waals surface area contributed by atoms with Gasteiger partial charge in [-0.2, -0.15) is 0 Å². The van der Waals surface area contributed by atoms with Crippen molar-refractivity contribution in [2.24, 2.45) is 5.41 Å². The fraction of sp³-hybridized carbons (Fsp3) is 0.571. The highest BCUT2D eigenvalue weighted by Crippen LogP contribution is 2.30. The third kappa shape index (κ3) is 7.01. The SMILES string of the molecule is C.C.Cc1ccc(CC(C)(C)C)c(SOOO)c1. The molecule has 0 aliphatic heterocycles. The van der Waals surface area contributed by atoms with Gasteiger partial charge in [-0.05, 0) is 36.0 Å². The third-order valence-electron chi connectivity index (χ3n) is 2.10. The molecule has 106 valence electrons. The first-order valence-electron chi connectivity index (χ1n) is 5.17. The second kappa shape index (κ2) is 8.53. The van der Waals surface area contributed by atoms with Crippen molar-refractivity contribution in [3.63, 3.8) is 0 Å². The van der Waals surface area contributed by atoms with Gasteiger partial charge in [0.1, 0.15) is 0 Å². The van der Waals surface area contributed by atoms with Gasteiger partial charge in [0.2, 0.25) is 0 Å². The largest absolute Gasteiger partial charge is 0.220 e. The minimum Gasteiger partial charge on any atom is -0.220 e. The molecule has 0 amide bonds.